The maximum Gasteiger partial charge on any atom is 0.163 e. The lowest BCUT2D eigenvalue weighted by atomic mass is 9.78. The van der Waals surface area contributed by atoms with Gasteiger partial charge in [-0.1, -0.05) is 105 Å². The SMILES string of the molecule is Cc1ccc(CC2C(=O)C=Cc3ccc(C(C)c4ccc(C5CCC(C)CC5)cc4)cc32)cc1. The number of fused-ring (bicyclic) bond motifs is 1. The summed E-state index contributed by atoms with van der Waals surface area (Å²) in [7, 11) is 0. The molecule has 0 radical (unpaired) electrons. The Morgan fingerprint density at radius 3 is 2.21 bits per heavy atom. The molecule has 34 heavy (non-hydrogen) atoms. The minimum atomic E-state index is -0.106. The van der Waals surface area contributed by atoms with Gasteiger partial charge in [0, 0.05) is 5.92 Å². The molecule has 1 heteroatoms. The van der Waals surface area contributed by atoms with Crippen molar-refractivity contribution in [2.24, 2.45) is 5.92 Å². The summed E-state index contributed by atoms with van der Waals surface area (Å²) in [5.74, 6) is 2.02. The number of benzene rings is 3. The molecular weight excluding hydrogens is 412 g/mol. The quantitative estimate of drug-likeness (QED) is 0.383. The molecule has 2 atom stereocenters. The van der Waals surface area contributed by atoms with E-state index in [1.54, 1.807) is 6.08 Å². The van der Waals surface area contributed by atoms with Crippen molar-refractivity contribution in [3.05, 3.63) is 112 Å². The van der Waals surface area contributed by atoms with Crippen LogP contribution in [0.3, 0.4) is 0 Å². The van der Waals surface area contributed by atoms with Gasteiger partial charge in [-0.25, -0.2) is 0 Å². The second-order valence-corrected chi connectivity index (χ2v) is 10.7. The van der Waals surface area contributed by atoms with Crippen molar-refractivity contribution in [2.45, 2.75) is 70.6 Å². The maximum absolute atomic E-state index is 12.9. The number of hydrogen-bond donors (Lipinski definition) is 0. The number of carbonyl (C=O) groups is 1. The number of allylic oxidation sites excluding steroid dienone is 1. The van der Waals surface area contributed by atoms with Crippen molar-refractivity contribution in [3.8, 4) is 0 Å². The van der Waals surface area contributed by atoms with Crippen molar-refractivity contribution in [1.82, 2.24) is 0 Å². The summed E-state index contributed by atoms with van der Waals surface area (Å²) < 4.78 is 0. The summed E-state index contributed by atoms with van der Waals surface area (Å²) >= 11 is 0. The molecule has 0 aliphatic heterocycles. The van der Waals surface area contributed by atoms with E-state index in [2.05, 4.69) is 87.5 Å². The average Bonchev–Trinajstić information content (AvgIpc) is 2.87. The Morgan fingerprint density at radius 1 is 0.824 bits per heavy atom. The molecule has 0 amide bonds. The van der Waals surface area contributed by atoms with Crippen LogP contribution < -0.4 is 0 Å². The highest BCUT2D eigenvalue weighted by Crippen LogP contribution is 2.37. The standard InChI is InChI=1S/C33H36O/c1-22-4-8-25(9-5-22)20-32-31-21-30(17-16-29(31)18-19-33(32)34)24(3)26-12-14-28(15-13-26)27-10-6-23(2)7-11-27/h4-5,8-9,12-19,21,23-24,27,32H,6-7,10-11,20H2,1-3H3. The van der Waals surface area contributed by atoms with Crippen LogP contribution in [0.5, 0.6) is 0 Å². The first-order valence-corrected chi connectivity index (χ1v) is 13.0. The van der Waals surface area contributed by atoms with E-state index in [9.17, 15) is 4.79 Å². The summed E-state index contributed by atoms with van der Waals surface area (Å²) in [4.78, 5) is 12.9. The minimum Gasteiger partial charge on any atom is -0.294 e. The molecule has 0 saturated heterocycles. The van der Waals surface area contributed by atoms with Gasteiger partial charge in [0.2, 0.25) is 0 Å². The Balaban J connectivity index is 1.37. The Hall–Kier alpha value is -2.93. The molecule has 5 rings (SSSR count). The number of carbonyl (C=O) groups excluding carboxylic acids is 1. The highest BCUT2D eigenvalue weighted by molar-refractivity contribution is 6.02. The molecule has 0 aromatic heterocycles. The van der Waals surface area contributed by atoms with E-state index in [1.807, 2.05) is 6.08 Å². The normalized spacial score (nSPS) is 22.9. The third-order valence-electron chi connectivity index (χ3n) is 8.24. The van der Waals surface area contributed by atoms with Gasteiger partial charge in [-0.15, -0.1) is 0 Å². The molecule has 0 N–H and O–H groups in total. The Morgan fingerprint density at radius 2 is 1.50 bits per heavy atom. The Kier molecular flexibility index (Phi) is 6.55. The van der Waals surface area contributed by atoms with Gasteiger partial charge in [0.1, 0.15) is 0 Å². The van der Waals surface area contributed by atoms with Crippen LogP contribution in [0.15, 0.2) is 72.8 Å². The summed E-state index contributed by atoms with van der Waals surface area (Å²) in [6.07, 6.45) is 9.86. The second kappa shape index (κ2) is 9.74. The van der Waals surface area contributed by atoms with Gasteiger partial charge in [0.05, 0.1) is 5.92 Å². The van der Waals surface area contributed by atoms with E-state index in [4.69, 9.17) is 0 Å². The Bertz CT molecular complexity index is 1170. The molecule has 174 valence electrons. The van der Waals surface area contributed by atoms with E-state index in [0.29, 0.717) is 5.92 Å². The van der Waals surface area contributed by atoms with Gasteiger partial charge in [-0.05, 0) is 77.5 Å². The van der Waals surface area contributed by atoms with Crippen molar-refractivity contribution in [1.29, 1.82) is 0 Å². The molecule has 3 aromatic carbocycles. The molecule has 1 nitrogen and oxygen atoms in total. The van der Waals surface area contributed by atoms with Crippen molar-refractivity contribution >= 4 is 11.9 Å². The maximum atomic E-state index is 12.9. The summed E-state index contributed by atoms with van der Waals surface area (Å²) in [5, 5.41) is 0. The molecule has 2 aliphatic rings. The van der Waals surface area contributed by atoms with Crippen LogP contribution in [0.4, 0.5) is 0 Å². The van der Waals surface area contributed by atoms with Gasteiger partial charge in [0.25, 0.3) is 0 Å². The molecule has 0 heterocycles. The van der Waals surface area contributed by atoms with Crippen LogP contribution in [-0.4, -0.2) is 5.78 Å². The largest absolute Gasteiger partial charge is 0.294 e. The van der Waals surface area contributed by atoms with E-state index >= 15 is 0 Å². The minimum absolute atomic E-state index is 0.106. The summed E-state index contributed by atoms with van der Waals surface area (Å²) in [5.41, 5.74) is 8.95. The summed E-state index contributed by atoms with van der Waals surface area (Å²) in [6, 6.07) is 24.7. The van der Waals surface area contributed by atoms with Crippen molar-refractivity contribution in [3.63, 3.8) is 0 Å². The molecule has 1 saturated carbocycles. The fraction of sp³-hybridized carbons (Fsp3) is 0.364. The van der Waals surface area contributed by atoms with Crippen LogP contribution in [-0.2, 0) is 11.2 Å². The molecule has 1 fully saturated rings. The average molecular weight is 449 g/mol. The molecule has 0 bridgehead atoms. The monoisotopic (exact) mass is 448 g/mol. The van der Waals surface area contributed by atoms with Crippen LogP contribution in [0.1, 0.15) is 96.2 Å². The van der Waals surface area contributed by atoms with Gasteiger partial charge < -0.3 is 0 Å². The van der Waals surface area contributed by atoms with Crippen LogP contribution in [0.2, 0.25) is 0 Å². The lowest BCUT2D eigenvalue weighted by molar-refractivity contribution is -0.116. The molecule has 2 aliphatic carbocycles. The first-order valence-electron chi connectivity index (χ1n) is 13.0. The highest BCUT2D eigenvalue weighted by Gasteiger charge is 2.26. The van der Waals surface area contributed by atoms with E-state index in [-0.39, 0.29) is 11.7 Å². The topological polar surface area (TPSA) is 17.1 Å². The van der Waals surface area contributed by atoms with E-state index < -0.39 is 0 Å². The number of rotatable bonds is 5. The van der Waals surface area contributed by atoms with Crippen molar-refractivity contribution < 1.29 is 4.79 Å². The fourth-order valence-electron chi connectivity index (χ4n) is 5.77. The first-order chi connectivity index (χ1) is 16.5. The first kappa shape index (κ1) is 22.8. The lowest BCUT2D eigenvalue weighted by Gasteiger charge is -2.27. The van der Waals surface area contributed by atoms with Crippen molar-refractivity contribution in [2.75, 3.05) is 0 Å². The third kappa shape index (κ3) is 4.80. The van der Waals surface area contributed by atoms with Gasteiger partial charge in [-0.2, -0.15) is 0 Å². The van der Waals surface area contributed by atoms with Crippen LogP contribution in [0, 0.1) is 12.8 Å². The molecular formula is C33H36O. The van der Waals surface area contributed by atoms with E-state index in [1.165, 1.54) is 64.6 Å². The fourth-order valence-corrected chi connectivity index (χ4v) is 5.77. The van der Waals surface area contributed by atoms with Gasteiger partial charge in [-0.3, -0.25) is 4.79 Å². The Labute approximate surface area is 204 Å². The predicted octanol–water partition coefficient (Wildman–Crippen LogP) is 8.36. The highest BCUT2D eigenvalue weighted by atomic mass is 16.1. The molecule has 0 spiro atoms. The molecule has 2 unspecified atom stereocenters. The smallest absolute Gasteiger partial charge is 0.163 e. The summed E-state index contributed by atoms with van der Waals surface area (Å²) in [6.45, 7) is 6.77. The number of hydrogen-bond acceptors (Lipinski definition) is 1. The zero-order valence-electron chi connectivity index (χ0n) is 20.8. The zero-order chi connectivity index (χ0) is 23.7. The van der Waals surface area contributed by atoms with Gasteiger partial charge >= 0.3 is 0 Å². The third-order valence-corrected chi connectivity index (χ3v) is 8.24. The number of aryl methyl sites for hydroxylation is 1. The predicted molar refractivity (Wildman–Crippen MR) is 142 cm³/mol. The number of ketones is 1. The zero-order valence-corrected chi connectivity index (χ0v) is 20.8. The molecule has 3 aromatic rings. The van der Waals surface area contributed by atoms with Gasteiger partial charge in [0.15, 0.2) is 5.78 Å². The van der Waals surface area contributed by atoms with Crippen LogP contribution in [0.25, 0.3) is 6.08 Å². The lowest BCUT2D eigenvalue weighted by Crippen LogP contribution is -2.18. The second-order valence-electron chi connectivity index (χ2n) is 10.7. The van der Waals surface area contributed by atoms with E-state index in [0.717, 1.165) is 18.3 Å². The van der Waals surface area contributed by atoms with Crippen LogP contribution >= 0.6 is 0 Å².